The van der Waals surface area contributed by atoms with Gasteiger partial charge in [0, 0.05) is 20.1 Å². The van der Waals surface area contributed by atoms with Crippen molar-refractivity contribution < 1.29 is 9.47 Å². The Morgan fingerprint density at radius 1 is 0.531 bits per heavy atom. The van der Waals surface area contributed by atoms with Crippen LogP contribution < -0.4 is 9.47 Å². The van der Waals surface area contributed by atoms with Gasteiger partial charge in [-0.2, -0.15) is 0 Å². The first kappa shape index (κ1) is 27.2. The van der Waals surface area contributed by atoms with E-state index in [1.54, 1.807) is 0 Å². The number of rotatable bonds is 17. The van der Waals surface area contributed by atoms with Gasteiger partial charge in [-0.15, -0.1) is 0 Å². The van der Waals surface area contributed by atoms with E-state index >= 15 is 0 Å². The Labute approximate surface area is 212 Å². The number of benzene rings is 2. The van der Waals surface area contributed by atoms with Gasteiger partial charge in [0.25, 0.3) is 0 Å². The van der Waals surface area contributed by atoms with Crippen LogP contribution in [0.5, 0.6) is 11.5 Å². The average molecular weight is 568 g/mol. The maximum absolute atomic E-state index is 6.25. The van der Waals surface area contributed by atoms with E-state index in [-0.39, 0.29) is 0 Å². The molecule has 4 heteroatoms. The monoisotopic (exact) mass is 566 g/mol. The zero-order valence-electron chi connectivity index (χ0n) is 19.9. The Morgan fingerprint density at radius 2 is 0.906 bits per heavy atom. The van der Waals surface area contributed by atoms with Crippen molar-refractivity contribution in [3.8, 4) is 22.6 Å². The lowest BCUT2D eigenvalue weighted by Crippen LogP contribution is -2.02. The van der Waals surface area contributed by atoms with E-state index in [0.717, 1.165) is 57.6 Å². The van der Waals surface area contributed by atoms with E-state index in [2.05, 4.69) is 82.1 Å². The minimum Gasteiger partial charge on any atom is -0.493 e. The highest BCUT2D eigenvalue weighted by molar-refractivity contribution is 9.10. The second-order valence-corrected chi connectivity index (χ2v) is 10.3. The van der Waals surface area contributed by atoms with Crippen molar-refractivity contribution in [3.05, 3.63) is 45.3 Å². The van der Waals surface area contributed by atoms with Crippen molar-refractivity contribution >= 4 is 31.9 Å². The lowest BCUT2D eigenvalue weighted by Gasteiger charge is -2.16. The molecule has 0 N–H and O–H groups in total. The van der Waals surface area contributed by atoms with Crippen LogP contribution in [0.25, 0.3) is 11.1 Å². The number of unbranched alkanes of at least 4 members (excludes halogenated alkanes) is 10. The summed E-state index contributed by atoms with van der Waals surface area (Å²) in [4.78, 5) is 0. The number of ether oxygens (including phenoxy) is 2. The minimum atomic E-state index is 0.750. The van der Waals surface area contributed by atoms with Crippen molar-refractivity contribution in [2.24, 2.45) is 0 Å². The van der Waals surface area contributed by atoms with Crippen molar-refractivity contribution in [3.63, 3.8) is 0 Å². The Hall–Kier alpha value is -1.00. The van der Waals surface area contributed by atoms with Gasteiger partial charge in [0.05, 0.1) is 13.2 Å². The molecule has 2 aromatic rings. The van der Waals surface area contributed by atoms with E-state index in [1.165, 1.54) is 64.2 Å². The minimum absolute atomic E-state index is 0.750. The normalized spacial score (nSPS) is 11.0. The van der Waals surface area contributed by atoms with E-state index < -0.39 is 0 Å². The van der Waals surface area contributed by atoms with Gasteiger partial charge >= 0.3 is 0 Å². The lowest BCUT2D eigenvalue weighted by atomic mass is 10.0. The molecule has 0 saturated heterocycles. The van der Waals surface area contributed by atoms with Gasteiger partial charge in [-0.3, -0.25) is 0 Å². The maximum atomic E-state index is 6.25. The van der Waals surface area contributed by atoms with Crippen LogP contribution in [0.4, 0.5) is 0 Å². The summed E-state index contributed by atoms with van der Waals surface area (Å²) in [5.41, 5.74) is 2.18. The molecule has 0 aliphatic carbocycles. The molecule has 0 spiro atoms. The summed E-state index contributed by atoms with van der Waals surface area (Å²) in [6.07, 6.45) is 15.1. The molecule has 2 aromatic carbocycles. The molecule has 0 aliphatic rings. The molecule has 178 valence electrons. The molecule has 0 fully saturated rings. The first-order chi connectivity index (χ1) is 15.7. The number of hydrogen-bond acceptors (Lipinski definition) is 2. The Balaban J connectivity index is 2.00. The molecule has 0 saturated carbocycles. The summed E-state index contributed by atoms with van der Waals surface area (Å²) in [5.74, 6) is 1.83. The highest BCUT2D eigenvalue weighted by Crippen LogP contribution is 2.39. The molecule has 2 nitrogen and oxygen atoms in total. The molecule has 0 radical (unpaired) electrons. The molecule has 0 aliphatic heterocycles. The lowest BCUT2D eigenvalue weighted by molar-refractivity contribution is 0.301. The zero-order valence-corrected chi connectivity index (χ0v) is 23.1. The van der Waals surface area contributed by atoms with Crippen LogP contribution in [0.15, 0.2) is 45.3 Å². The fourth-order valence-corrected chi connectivity index (χ4v) is 4.49. The summed E-state index contributed by atoms with van der Waals surface area (Å²) in [7, 11) is 0. The third-order valence-corrected chi connectivity index (χ3v) is 6.67. The van der Waals surface area contributed by atoms with Gasteiger partial charge in [-0.05, 0) is 49.2 Å². The standard InChI is InChI=1S/C28H40Br2O2/c1-3-5-7-9-11-13-19-31-27-21-23(29)15-17-25(27)26-18-16-24(30)22-28(26)32-20-14-12-10-8-6-4-2/h15-18,21-22H,3-14,19-20H2,1-2H3. The quantitative estimate of drug-likeness (QED) is 0.177. The van der Waals surface area contributed by atoms with Crippen molar-refractivity contribution in [2.75, 3.05) is 13.2 Å². The summed E-state index contributed by atoms with van der Waals surface area (Å²) in [6, 6.07) is 12.6. The second-order valence-electron chi connectivity index (χ2n) is 8.51. The second kappa shape index (κ2) is 16.6. The van der Waals surface area contributed by atoms with Crippen LogP contribution in [-0.4, -0.2) is 13.2 Å². The van der Waals surface area contributed by atoms with E-state index in [4.69, 9.17) is 9.47 Å². The van der Waals surface area contributed by atoms with Gasteiger partial charge in [-0.1, -0.05) is 110 Å². The van der Waals surface area contributed by atoms with Gasteiger partial charge < -0.3 is 9.47 Å². The van der Waals surface area contributed by atoms with Crippen LogP contribution in [0.2, 0.25) is 0 Å². The van der Waals surface area contributed by atoms with Gasteiger partial charge in [0.2, 0.25) is 0 Å². The molecule has 32 heavy (non-hydrogen) atoms. The fourth-order valence-electron chi connectivity index (χ4n) is 3.81. The van der Waals surface area contributed by atoms with Crippen LogP contribution in [0, 0.1) is 0 Å². The topological polar surface area (TPSA) is 18.5 Å². The van der Waals surface area contributed by atoms with Crippen LogP contribution in [0.1, 0.15) is 90.9 Å². The maximum Gasteiger partial charge on any atom is 0.128 e. The predicted octanol–water partition coefficient (Wildman–Crippen LogP) is 10.4. The zero-order chi connectivity index (χ0) is 23.0. The largest absolute Gasteiger partial charge is 0.493 e. The fraction of sp³-hybridized carbons (Fsp3) is 0.571. The summed E-state index contributed by atoms with van der Waals surface area (Å²) in [6.45, 7) is 6.01. The highest BCUT2D eigenvalue weighted by atomic mass is 79.9. The average Bonchev–Trinajstić information content (AvgIpc) is 2.78. The van der Waals surface area contributed by atoms with Gasteiger partial charge in [0.15, 0.2) is 0 Å². The van der Waals surface area contributed by atoms with Crippen molar-refractivity contribution in [1.29, 1.82) is 0 Å². The third-order valence-electron chi connectivity index (χ3n) is 5.69. The summed E-state index contributed by atoms with van der Waals surface area (Å²) >= 11 is 7.22. The third kappa shape index (κ3) is 10.3. The molecule has 0 bridgehead atoms. The molecule has 0 unspecified atom stereocenters. The molecule has 0 atom stereocenters. The Morgan fingerprint density at radius 3 is 1.31 bits per heavy atom. The Kier molecular flexibility index (Phi) is 14.1. The molecule has 2 rings (SSSR count). The van der Waals surface area contributed by atoms with Crippen LogP contribution in [0.3, 0.4) is 0 Å². The summed E-state index contributed by atoms with van der Waals surface area (Å²) < 4.78 is 14.6. The molecule has 0 amide bonds. The smallest absolute Gasteiger partial charge is 0.128 e. The first-order valence-corrected chi connectivity index (χ1v) is 14.1. The summed E-state index contributed by atoms with van der Waals surface area (Å²) in [5, 5.41) is 0. The van der Waals surface area contributed by atoms with Crippen LogP contribution >= 0.6 is 31.9 Å². The van der Waals surface area contributed by atoms with Gasteiger partial charge in [-0.25, -0.2) is 0 Å². The first-order valence-electron chi connectivity index (χ1n) is 12.5. The predicted molar refractivity (Wildman–Crippen MR) is 145 cm³/mol. The van der Waals surface area contributed by atoms with Crippen molar-refractivity contribution in [1.82, 2.24) is 0 Å². The van der Waals surface area contributed by atoms with Gasteiger partial charge in [0.1, 0.15) is 11.5 Å². The van der Waals surface area contributed by atoms with E-state index in [9.17, 15) is 0 Å². The van der Waals surface area contributed by atoms with Crippen LogP contribution in [-0.2, 0) is 0 Å². The van der Waals surface area contributed by atoms with Crippen molar-refractivity contribution in [2.45, 2.75) is 90.9 Å². The molecule has 0 heterocycles. The number of halogens is 2. The molecule has 0 aromatic heterocycles. The van der Waals surface area contributed by atoms with E-state index in [0.29, 0.717) is 0 Å². The SMILES string of the molecule is CCCCCCCCOc1cc(Br)ccc1-c1ccc(Br)cc1OCCCCCCCC. The number of hydrogen-bond donors (Lipinski definition) is 0. The Bertz CT molecular complexity index is 711. The molecular weight excluding hydrogens is 528 g/mol. The molecular formula is C28H40Br2O2. The van der Waals surface area contributed by atoms with E-state index in [1.807, 2.05) is 0 Å². The highest BCUT2D eigenvalue weighted by Gasteiger charge is 2.13.